The van der Waals surface area contributed by atoms with Crippen molar-refractivity contribution in [2.24, 2.45) is 0 Å². The highest BCUT2D eigenvalue weighted by Gasteiger charge is 2.21. The molecule has 0 aliphatic rings. The Balaban J connectivity index is 3.08. The van der Waals surface area contributed by atoms with Crippen LogP contribution in [0.1, 0.15) is 0 Å². The quantitative estimate of drug-likeness (QED) is 0.147. The lowest BCUT2D eigenvalue weighted by molar-refractivity contribution is -0.562. The number of anilines is 2. The summed E-state index contributed by atoms with van der Waals surface area (Å²) in [6.45, 7) is 0. The van der Waals surface area contributed by atoms with Gasteiger partial charge < -0.3 is 21.3 Å². The summed E-state index contributed by atoms with van der Waals surface area (Å²) in [7, 11) is 0. The number of phenolic OH excluding ortho intramolecular Hbond substituents is 1. The fourth-order valence-electron chi connectivity index (χ4n) is 1.32. The monoisotopic (exact) mass is 196 g/mol. The van der Waals surface area contributed by atoms with Gasteiger partial charge in [0.15, 0.2) is 11.3 Å². The molecular weight excluding hydrogens is 188 g/mol. The van der Waals surface area contributed by atoms with Crippen LogP contribution in [0.2, 0.25) is 0 Å². The van der Waals surface area contributed by atoms with E-state index in [1.54, 1.807) is 0 Å². The molecule has 0 aliphatic carbocycles. The normalized spacial score (nSPS) is 10.9. The molecule has 7 nitrogen and oxygen atoms in total. The zero-order valence-corrected chi connectivity index (χ0v) is 7.01. The van der Waals surface area contributed by atoms with E-state index in [1.165, 1.54) is 12.1 Å². The summed E-state index contributed by atoms with van der Waals surface area (Å²) < 4.78 is 0.651. The van der Waals surface area contributed by atoms with E-state index in [-0.39, 0.29) is 27.2 Å². The largest absolute Gasteiger partial charge is 0.740 e. The van der Waals surface area contributed by atoms with Crippen LogP contribution in [0.15, 0.2) is 12.1 Å². The Morgan fingerprint density at radius 1 is 1.36 bits per heavy atom. The molecule has 0 spiro atoms. The predicted molar refractivity (Wildman–Crippen MR) is 48.6 cm³/mol. The number of imidazole rings is 1. The number of nitrogens with zero attached hydrogens (tertiary/aromatic N) is 2. The minimum atomic E-state index is -0.451. The second kappa shape index (κ2) is 2.34. The van der Waals surface area contributed by atoms with Crippen molar-refractivity contribution in [1.29, 1.82) is 0 Å². The number of hydrogen-bond acceptors (Lipinski definition) is 5. The van der Waals surface area contributed by atoms with Gasteiger partial charge in [-0.15, -0.1) is 0 Å². The number of benzene rings is 1. The van der Waals surface area contributed by atoms with Gasteiger partial charge in [-0.25, -0.2) is 4.73 Å². The standard InChI is InChI=1S/C7H8N4O3/c8-3-1-2-4(12)6-5(3)10(13)7(9)11(6)14/h1-2,12,14H,8-9H2. The Morgan fingerprint density at radius 2 is 2.00 bits per heavy atom. The maximum atomic E-state index is 11.3. The highest BCUT2D eigenvalue weighted by atomic mass is 16.5. The number of aromatic nitrogens is 2. The zero-order valence-electron chi connectivity index (χ0n) is 7.01. The molecule has 0 saturated carbocycles. The first-order valence-corrected chi connectivity index (χ1v) is 3.74. The number of phenols is 1. The van der Waals surface area contributed by atoms with E-state index < -0.39 is 5.95 Å². The SMILES string of the molecule is Nc1ccc(O)c2c1[n+]([O-])c(N)n2O. The zero-order chi connectivity index (χ0) is 10.5. The second-order valence-corrected chi connectivity index (χ2v) is 2.84. The van der Waals surface area contributed by atoms with Crippen LogP contribution in [0.4, 0.5) is 11.6 Å². The van der Waals surface area contributed by atoms with Crippen LogP contribution < -0.4 is 16.2 Å². The highest BCUT2D eigenvalue weighted by molar-refractivity contribution is 5.89. The van der Waals surface area contributed by atoms with E-state index >= 15 is 0 Å². The molecule has 0 atom stereocenters. The molecule has 2 aromatic rings. The molecule has 0 saturated heterocycles. The first-order chi connectivity index (χ1) is 6.54. The van der Waals surface area contributed by atoms with Crippen LogP contribution in [0.25, 0.3) is 11.0 Å². The number of nitrogens with two attached hydrogens (primary N) is 2. The molecular formula is C7H8N4O3. The van der Waals surface area contributed by atoms with Crippen molar-refractivity contribution in [3.05, 3.63) is 17.3 Å². The predicted octanol–water partition coefficient (Wildman–Crippen LogP) is -0.618. The molecule has 14 heavy (non-hydrogen) atoms. The molecule has 0 fully saturated rings. The Hall–Kier alpha value is -2.31. The van der Waals surface area contributed by atoms with Gasteiger partial charge in [0.05, 0.1) is 5.69 Å². The van der Waals surface area contributed by atoms with Crippen LogP contribution in [0.5, 0.6) is 5.75 Å². The lowest BCUT2D eigenvalue weighted by Gasteiger charge is -2.02. The van der Waals surface area contributed by atoms with Gasteiger partial charge in [-0.05, 0) is 16.9 Å². The summed E-state index contributed by atoms with van der Waals surface area (Å²) in [4.78, 5) is 0. The maximum absolute atomic E-state index is 11.3. The van der Waals surface area contributed by atoms with E-state index in [4.69, 9.17) is 11.5 Å². The molecule has 0 amide bonds. The summed E-state index contributed by atoms with van der Waals surface area (Å²) in [5.41, 5.74) is 10.7. The van der Waals surface area contributed by atoms with E-state index in [2.05, 4.69) is 0 Å². The maximum Gasteiger partial charge on any atom is 0.393 e. The molecule has 7 heteroatoms. The number of rotatable bonds is 0. The lowest BCUT2D eigenvalue weighted by Crippen LogP contribution is -2.29. The summed E-state index contributed by atoms with van der Waals surface area (Å²) in [5, 5.41) is 30.1. The van der Waals surface area contributed by atoms with Gasteiger partial charge >= 0.3 is 5.95 Å². The van der Waals surface area contributed by atoms with Gasteiger partial charge in [-0.3, -0.25) is 5.73 Å². The number of fused-ring (bicyclic) bond motifs is 1. The van der Waals surface area contributed by atoms with Crippen LogP contribution >= 0.6 is 0 Å². The molecule has 6 N–H and O–H groups in total. The molecule has 1 aromatic heterocycles. The van der Waals surface area contributed by atoms with Crippen molar-refractivity contribution in [3.63, 3.8) is 0 Å². The first-order valence-electron chi connectivity index (χ1n) is 3.74. The van der Waals surface area contributed by atoms with E-state index in [0.29, 0.717) is 4.73 Å². The van der Waals surface area contributed by atoms with Crippen LogP contribution in [0, 0.1) is 5.21 Å². The summed E-state index contributed by atoms with van der Waals surface area (Å²) >= 11 is 0. The Bertz CT molecular complexity index is 474. The number of nitrogen functional groups attached to an aromatic ring is 2. The fourth-order valence-corrected chi connectivity index (χ4v) is 1.32. The molecule has 0 bridgehead atoms. The van der Waals surface area contributed by atoms with Gasteiger partial charge in [0.25, 0.3) is 0 Å². The van der Waals surface area contributed by atoms with Crippen molar-refractivity contribution >= 4 is 22.7 Å². The average molecular weight is 196 g/mol. The number of hydrogen-bond donors (Lipinski definition) is 4. The summed E-state index contributed by atoms with van der Waals surface area (Å²) in [5.74, 6) is -0.716. The Labute approximate surface area is 77.9 Å². The Kier molecular flexibility index (Phi) is 1.39. The first kappa shape index (κ1) is 8.30. The third kappa shape index (κ3) is 0.777. The number of aromatic hydroxyl groups is 1. The summed E-state index contributed by atoms with van der Waals surface area (Å²) in [6, 6.07) is 2.62. The van der Waals surface area contributed by atoms with Crippen molar-refractivity contribution < 1.29 is 15.0 Å². The third-order valence-electron chi connectivity index (χ3n) is 2.00. The minimum absolute atomic E-state index is 0.0509. The van der Waals surface area contributed by atoms with E-state index in [9.17, 15) is 15.5 Å². The Morgan fingerprint density at radius 3 is 2.57 bits per heavy atom. The van der Waals surface area contributed by atoms with Crippen molar-refractivity contribution in [2.45, 2.75) is 0 Å². The van der Waals surface area contributed by atoms with E-state index in [0.717, 1.165) is 0 Å². The van der Waals surface area contributed by atoms with E-state index in [1.807, 2.05) is 0 Å². The molecule has 74 valence electrons. The third-order valence-corrected chi connectivity index (χ3v) is 2.00. The van der Waals surface area contributed by atoms with Crippen molar-refractivity contribution in [2.75, 3.05) is 11.5 Å². The molecule has 1 heterocycles. The van der Waals surface area contributed by atoms with Gasteiger partial charge in [0.2, 0.25) is 5.52 Å². The second-order valence-electron chi connectivity index (χ2n) is 2.84. The molecule has 0 radical (unpaired) electrons. The smallest absolute Gasteiger partial charge is 0.393 e. The fraction of sp³-hybridized carbons (Fsp3) is 0. The van der Waals surface area contributed by atoms with Gasteiger partial charge in [0, 0.05) is 0 Å². The van der Waals surface area contributed by atoms with Gasteiger partial charge in [-0.2, -0.15) is 0 Å². The minimum Gasteiger partial charge on any atom is -0.740 e. The molecule has 0 unspecified atom stereocenters. The molecule has 2 rings (SSSR count). The van der Waals surface area contributed by atoms with Gasteiger partial charge in [0.1, 0.15) is 0 Å². The van der Waals surface area contributed by atoms with Crippen LogP contribution in [-0.2, 0) is 0 Å². The summed E-state index contributed by atoms with van der Waals surface area (Å²) in [6.07, 6.45) is 0. The molecule has 1 aromatic carbocycles. The van der Waals surface area contributed by atoms with Crippen LogP contribution in [-0.4, -0.2) is 15.0 Å². The van der Waals surface area contributed by atoms with Crippen molar-refractivity contribution in [1.82, 2.24) is 4.73 Å². The molecule has 0 aliphatic heterocycles. The average Bonchev–Trinajstić information content (AvgIpc) is 2.38. The lowest BCUT2D eigenvalue weighted by atomic mass is 10.2. The van der Waals surface area contributed by atoms with Crippen LogP contribution in [0.3, 0.4) is 0 Å². The highest BCUT2D eigenvalue weighted by Crippen LogP contribution is 2.28. The topological polar surface area (TPSA) is 124 Å². The van der Waals surface area contributed by atoms with Crippen molar-refractivity contribution in [3.8, 4) is 5.75 Å². The van der Waals surface area contributed by atoms with Gasteiger partial charge in [-0.1, -0.05) is 0 Å².